The zero-order chi connectivity index (χ0) is 19.8. The average molecular weight is 375 g/mol. The predicted octanol–water partition coefficient (Wildman–Crippen LogP) is 3.27. The Hall–Kier alpha value is -2.60. The van der Waals surface area contributed by atoms with E-state index in [2.05, 4.69) is 5.32 Å². The number of amides is 1. The maximum Gasteiger partial charge on any atom is 0.282 e. The molecule has 0 heterocycles. The zero-order valence-electron chi connectivity index (χ0n) is 16.3. The molecular formula is C21H28FN2O3+. The van der Waals surface area contributed by atoms with Crippen molar-refractivity contribution < 1.29 is 24.0 Å². The molecule has 146 valence electrons. The van der Waals surface area contributed by atoms with Gasteiger partial charge < -0.3 is 20.1 Å². The number of anilines is 1. The number of halogens is 1. The van der Waals surface area contributed by atoms with Crippen molar-refractivity contribution in [3.63, 3.8) is 0 Å². The van der Waals surface area contributed by atoms with E-state index in [4.69, 9.17) is 9.47 Å². The van der Waals surface area contributed by atoms with E-state index < -0.39 is 0 Å². The molecule has 0 aliphatic carbocycles. The second-order valence-corrected chi connectivity index (χ2v) is 6.34. The molecule has 0 bridgehead atoms. The van der Waals surface area contributed by atoms with Gasteiger partial charge >= 0.3 is 0 Å². The molecule has 2 aromatic rings. The van der Waals surface area contributed by atoms with Gasteiger partial charge in [0, 0.05) is 11.3 Å². The standard InChI is InChI=1S/C21H27FN2O3/c1-5-26-19-12-7-16(13-20(19)27-6-2)14(3)23-15(4)21(25)24-18-10-8-17(22)9-11-18/h7-15,23H,5-6H2,1-4H3,(H,24,25)/p+1/t14-,15-/m1/s1. The van der Waals surface area contributed by atoms with Gasteiger partial charge in [-0.15, -0.1) is 0 Å². The van der Waals surface area contributed by atoms with Crippen molar-refractivity contribution in [2.45, 2.75) is 39.8 Å². The number of quaternary nitrogens is 1. The van der Waals surface area contributed by atoms with E-state index in [-0.39, 0.29) is 23.8 Å². The fourth-order valence-corrected chi connectivity index (χ4v) is 2.77. The maximum absolute atomic E-state index is 13.0. The highest BCUT2D eigenvalue weighted by atomic mass is 19.1. The molecule has 0 fully saturated rings. The number of benzene rings is 2. The number of rotatable bonds is 9. The van der Waals surface area contributed by atoms with Crippen LogP contribution in [0.5, 0.6) is 11.5 Å². The lowest BCUT2D eigenvalue weighted by atomic mass is 10.1. The lowest BCUT2D eigenvalue weighted by molar-refractivity contribution is -0.709. The molecule has 2 rings (SSSR count). The van der Waals surface area contributed by atoms with Crippen LogP contribution in [0.25, 0.3) is 0 Å². The summed E-state index contributed by atoms with van der Waals surface area (Å²) in [5.41, 5.74) is 1.62. The SMILES string of the molecule is CCOc1ccc([C@@H](C)[NH2+][C@H](C)C(=O)Nc2ccc(F)cc2)cc1OCC. The van der Waals surface area contributed by atoms with Crippen molar-refractivity contribution in [1.82, 2.24) is 0 Å². The van der Waals surface area contributed by atoms with E-state index >= 15 is 0 Å². The van der Waals surface area contributed by atoms with Gasteiger partial charge in [-0.05, 0) is 70.2 Å². The molecule has 3 N–H and O–H groups in total. The number of hydrogen-bond donors (Lipinski definition) is 2. The number of hydrogen-bond acceptors (Lipinski definition) is 3. The first-order valence-corrected chi connectivity index (χ1v) is 9.25. The summed E-state index contributed by atoms with van der Waals surface area (Å²) < 4.78 is 24.2. The van der Waals surface area contributed by atoms with E-state index in [1.54, 1.807) is 12.1 Å². The molecule has 0 aliphatic heterocycles. The molecule has 2 aromatic carbocycles. The van der Waals surface area contributed by atoms with Crippen LogP contribution < -0.4 is 20.1 Å². The highest BCUT2D eigenvalue weighted by molar-refractivity contribution is 5.93. The van der Waals surface area contributed by atoms with Crippen LogP contribution in [0.4, 0.5) is 10.1 Å². The molecule has 0 spiro atoms. The number of nitrogens with two attached hydrogens (primary N) is 1. The minimum atomic E-state index is -0.332. The lowest BCUT2D eigenvalue weighted by Gasteiger charge is -2.18. The van der Waals surface area contributed by atoms with Crippen LogP contribution in [0.15, 0.2) is 42.5 Å². The lowest BCUT2D eigenvalue weighted by Crippen LogP contribution is -2.91. The molecule has 0 unspecified atom stereocenters. The molecule has 0 radical (unpaired) electrons. The van der Waals surface area contributed by atoms with Crippen LogP contribution in [0.2, 0.25) is 0 Å². The molecule has 6 heteroatoms. The third-order valence-corrected chi connectivity index (χ3v) is 4.20. The Kier molecular flexibility index (Phi) is 7.61. The fourth-order valence-electron chi connectivity index (χ4n) is 2.77. The Bertz CT molecular complexity index is 750. The Balaban J connectivity index is 2.02. The number of ether oxygens (including phenoxy) is 2. The normalized spacial score (nSPS) is 12.9. The van der Waals surface area contributed by atoms with Crippen molar-refractivity contribution in [1.29, 1.82) is 0 Å². The average Bonchev–Trinajstić information content (AvgIpc) is 2.65. The molecule has 0 aliphatic rings. The summed E-state index contributed by atoms with van der Waals surface area (Å²) in [6.45, 7) is 8.86. The summed E-state index contributed by atoms with van der Waals surface area (Å²) in [7, 11) is 0. The van der Waals surface area contributed by atoms with Crippen LogP contribution in [-0.4, -0.2) is 25.2 Å². The smallest absolute Gasteiger partial charge is 0.282 e. The largest absolute Gasteiger partial charge is 0.490 e. The van der Waals surface area contributed by atoms with Crippen LogP contribution >= 0.6 is 0 Å². The van der Waals surface area contributed by atoms with Gasteiger partial charge in [0.25, 0.3) is 5.91 Å². The van der Waals surface area contributed by atoms with Gasteiger partial charge in [-0.3, -0.25) is 4.79 Å². The highest BCUT2D eigenvalue weighted by Crippen LogP contribution is 2.30. The Morgan fingerprint density at radius 1 is 1.04 bits per heavy atom. The van der Waals surface area contributed by atoms with Crippen molar-refractivity contribution in [2.24, 2.45) is 0 Å². The van der Waals surface area contributed by atoms with Gasteiger partial charge in [0.1, 0.15) is 11.9 Å². The molecule has 2 atom stereocenters. The van der Waals surface area contributed by atoms with Gasteiger partial charge in [-0.25, -0.2) is 4.39 Å². The van der Waals surface area contributed by atoms with E-state index in [1.165, 1.54) is 12.1 Å². The number of carbonyl (C=O) groups excluding carboxylic acids is 1. The molecule has 0 aromatic heterocycles. The van der Waals surface area contributed by atoms with Crippen LogP contribution in [-0.2, 0) is 4.79 Å². The molecule has 27 heavy (non-hydrogen) atoms. The first-order chi connectivity index (χ1) is 12.9. The van der Waals surface area contributed by atoms with Crippen molar-refractivity contribution >= 4 is 11.6 Å². The Morgan fingerprint density at radius 3 is 2.30 bits per heavy atom. The Labute approximate surface area is 159 Å². The first-order valence-electron chi connectivity index (χ1n) is 9.25. The summed E-state index contributed by atoms with van der Waals surface area (Å²) >= 11 is 0. The molecule has 0 saturated carbocycles. The fraction of sp³-hybridized carbons (Fsp3) is 0.381. The quantitative estimate of drug-likeness (QED) is 0.707. The highest BCUT2D eigenvalue weighted by Gasteiger charge is 2.21. The summed E-state index contributed by atoms with van der Waals surface area (Å²) in [4.78, 5) is 12.4. The molecule has 0 saturated heterocycles. The first kappa shape index (κ1) is 20.7. The van der Waals surface area contributed by atoms with Gasteiger partial charge in [0.05, 0.1) is 13.2 Å². The summed E-state index contributed by atoms with van der Waals surface area (Å²) in [5, 5.41) is 4.78. The van der Waals surface area contributed by atoms with Gasteiger partial charge in [0.15, 0.2) is 17.5 Å². The number of carbonyl (C=O) groups is 1. The summed E-state index contributed by atoms with van der Waals surface area (Å²) in [6.07, 6.45) is 0. The van der Waals surface area contributed by atoms with Crippen molar-refractivity contribution in [3.8, 4) is 11.5 Å². The second kappa shape index (κ2) is 9.92. The summed E-state index contributed by atoms with van der Waals surface area (Å²) in [6, 6.07) is 11.3. The monoisotopic (exact) mass is 375 g/mol. The maximum atomic E-state index is 13.0. The zero-order valence-corrected chi connectivity index (χ0v) is 16.3. The second-order valence-electron chi connectivity index (χ2n) is 6.34. The van der Waals surface area contributed by atoms with Crippen LogP contribution in [0.3, 0.4) is 0 Å². The van der Waals surface area contributed by atoms with Gasteiger partial charge in [0.2, 0.25) is 0 Å². The predicted molar refractivity (Wildman–Crippen MR) is 104 cm³/mol. The van der Waals surface area contributed by atoms with Gasteiger partial charge in [-0.1, -0.05) is 0 Å². The number of nitrogens with one attached hydrogen (secondary N) is 1. The van der Waals surface area contributed by atoms with Gasteiger partial charge in [-0.2, -0.15) is 0 Å². The minimum absolute atomic E-state index is 0.0499. The topological polar surface area (TPSA) is 64.2 Å². The van der Waals surface area contributed by atoms with E-state index in [0.717, 1.165) is 11.3 Å². The van der Waals surface area contributed by atoms with Crippen LogP contribution in [0.1, 0.15) is 39.3 Å². The van der Waals surface area contributed by atoms with E-state index in [1.807, 2.05) is 51.2 Å². The third kappa shape index (κ3) is 5.96. The molecule has 1 amide bonds. The third-order valence-electron chi connectivity index (χ3n) is 4.20. The Morgan fingerprint density at radius 2 is 1.67 bits per heavy atom. The minimum Gasteiger partial charge on any atom is -0.490 e. The van der Waals surface area contributed by atoms with E-state index in [9.17, 15) is 9.18 Å². The van der Waals surface area contributed by atoms with E-state index in [0.29, 0.717) is 24.7 Å². The van der Waals surface area contributed by atoms with Crippen molar-refractivity contribution in [3.05, 3.63) is 53.8 Å². The van der Waals surface area contributed by atoms with Crippen molar-refractivity contribution in [2.75, 3.05) is 18.5 Å². The molecular weight excluding hydrogens is 347 g/mol. The van der Waals surface area contributed by atoms with Crippen LogP contribution in [0, 0.1) is 5.82 Å². The summed E-state index contributed by atoms with van der Waals surface area (Å²) in [5.74, 6) is 0.962. The molecule has 5 nitrogen and oxygen atoms in total.